The molecule has 0 saturated carbocycles. The summed E-state index contributed by atoms with van der Waals surface area (Å²) in [5.41, 5.74) is 5.32. The van der Waals surface area contributed by atoms with Crippen LogP contribution < -0.4 is 5.73 Å². The van der Waals surface area contributed by atoms with Gasteiger partial charge in [0.15, 0.2) is 10.8 Å². The predicted molar refractivity (Wildman–Crippen MR) is 54.8 cm³/mol. The van der Waals surface area contributed by atoms with Gasteiger partial charge in [-0.15, -0.1) is 5.10 Å². The molecule has 7 nitrogen and oxygen atoms in total. The Hall–Kier alpha value is -1.15. The van der Waals surface area contributed by atoms with Gasteiger partial charge in [-0.3, -0.25) is 0 Å². The molecule has 0 bridgehead atoms. The maximum atomic E-state index is 11.1. The molecule has 3 N–H and O–H groups in total. The van der Waals surface area contributed by atoms with Gasteiger partial charge in [0.1, 0.15) is 0 Å². The lowest BCUT2D eigenvalue weighted by atomic mass is 10.3. The van der Waals surface area contributed by atoms with Crippen molar-refractivity contribution in [1.82, 2.24) is 14.8 Å². The Labute approximate surface area is 94.4 Å². The van der Waals surface area contributed by atoms with Crippen molar-refractivity contribution >= 4 is 27.8 Å². The molecule has 1 aromatic heterocycles. The van der Waals surface area contributed by atoms with Crippen molar-refractivity contribution in [2.45, 2.75) is 19.6 Å². The molecule has 1 heterocycles. The van der Waals surface area contributed by atoms with E-state index in [9.17, 15) is 9.90 Å². The number of aliphatic hydroxyl groups is 1. The molecule has 1 aromatic rings. The number of carbonyl (C=O) groups is 1. The zero-order chi connectivity index (χ0) is 11.4. The van der Waals surface area contributed by atoms with Crippen molar-refractivity contribution in [3.05, 3.63) is 4.73 Å². The Morgan fingerprint density at radius 3 is 2.93 bits per heavy atom. The number of hydrogen-bond donors (Lipinski definition) is 2. The molecule has 0 spiro atoms. The van der Waals surface area contributed by atoms with Crippen molar-refractivity contribution in [3.63, 3.8) is 0 Å². The molecule has 0 radical (unpaired) electrons. The Kier molecular flexibility index (Phi) is 4.04. The number of esters is 1. The summed E-state index contributed by atoms with van der Waals surface area (Å²) < 4.78 is 6.25. The molecule has 8 heteroatoms. The first-order valence-corrected chi connectivity index (χ1v) is 5.04. The van der Waals surface area contributed by atoms with Gasteiger partial charge < -0.3 is 15.6 Å². The second kappa shape index (κ2) is 5.08. The van der Waals surface area contributed by atoms with Crippen molar-refractivity contribution in [2.75, 3.05) is 12.3 Å². The van der Waals surface area contributed by atoms with Crippen LogP contribution in [0.5, 0.6) is 0 Å². The maximum absolute atomic E-state index is 11.1. The first kappa shape index (κ1) is 11.9. The molecule has 15 heavy (non-hydrogen) atoms. The number of nitrogens with two attached hydrogens (primary N) is 1. The first-order valence-electron chi connectivity index (χ1n) is 4.25. The fourth-order valence-corrected chi connectivity index (χ4v) is 1.34. The minimum absolute atomic E-state index is 0.0520. The third-order valence-corrected chi connectivity index (χ3v) is 2.13. The number of ether oxygens (including phenoxy) is 1. The molecule has 1 unspecified atom stereocenters. The van der Waals surface area contributed by atoms with Crippen LogP contribution in [0.25, 0.3) is 0 Å². The first-order chi connectivity index (χ1) is 7.04. The zero-order valence-corrected chi connectivity index (χ0v) is 9.64. The van der Waals surface area contributed by atoms with E-state index in [2.05, 4.69) is 30.7 Å². The zero-order valence-electron chi connectivity index (χ0n) is 8.05. The van der Waals surface area contributed by atoms with Gasteiger partial charge >= 0.3 is 5.97 Å². The van der Waals surface area contributed by atoms with Gasteiger partial charge in [0.05, 0.1) is 13.2 Å². The molecule has 84 valence electrons. The van der Waals surface area contributed by atoms with Gasteiger partial charge in [0.25, 0.3) is 0 Å². The van der Waals surface area contributed by atoms with Gasteiger partial charge in [-0.2, -0.15) is 4.98 Å². The number of rotatable bonds is 4. The predicted octanol–water partition coefficient (Wildman–Crippen LogP) is -0.453. The molecule has 0 fully saturated rings. The second-order valence-corrected chi connectivity index (χ2v) is 3.40. The monoisotopic (exact) mass is 278 g/mol. The van der Waals surface area contributed by atoms with Gasteiger partial charge in [0, 0.05) is 0 Å². The Morgan fingerprint density at radius 2 is 2.47 bits per heavy atom. The summed E-state index contributed by atoms with van der Waals surface area (Å²) in [6, 6.07) is 0. The third-order valence-electron chi connectivity index (χ3n) is 1.55. The molecular weight excluding hydrogens is 268 g/mol. The minimum Gasteiger partial charge on any atom is -0.464 e. The van der Waals surface area contributed by atoms with Crippen LogP contribution in [-0.2, 0) is 16.1 Å². The molecule has 0 aromatic carbocycles. The number of aromatic nitrogens is 3. The van der Waals surface area contributed by atoms with Crippen molar-refractivity contribution in [3.8, 4) is 0 Å². The van der Waals surface area contributed by atoms with E-state index < -0.39 is 12.1 Å². The van der Waals surface area contributed by atoms with Crippen LogP contribution in [0.1, 0.15) is 6.92 Å². The average molecular weight is 279 g/mol. The van der Waals surface area contributed by atoms with E-state index in [1.807, 2.05) is 0 Å². The Balaban J connectivity index is 2.61. The maximum Gasteiger partial charge on any atom is 0.336 e. The van der Waals surface area contributed by atoms with Crippen molar-refractivity contribution < 1.29 is 14.6 Å². The van der Waals surface area contributed by atoms with Crippen molar-refractivity contribution in [1.29, 1.82) is 0 Å². The molecule has 1 rings (SSSR count). The minimum atomic E-state index is -1.28. The number of nitrogen functional groups attached to an aromatic ring is 1. The normalized spacial score (nSPS) is 12.5. The van der Waals surface area contributed by atoms with Crippen LogP contribution in [0.3, 0.4) is 0 Å². The lowest BCUT2D eigenvalue weighted by Gasteiger charge is -2.09. The molecule has 0 amide bonds. The lowest BCUT2D eigenvalue weighted by Crippen LogP contribution is -2.28. The van der Waals surface area contributed by atoms with Gasteiger partial charge in [0.2, 0.25) is 5.95 Å². The van der Waals surface area contributed by atoms with E-state index in [0.717, 1.165) is 0 Å². The smallest absolute Gasteiger partial charge is 0.336 e. The molecule has 0 aliphatic rings. The van der Waals surface area contributed by atoms with Crippen LogP contribution in [0.4, 0.5) is 5.95 Å². The standard InChI is InChI=1S/C7H11BrN4O3/c1-2-15-5(14)4(13)3-12-6(8)10-7(9)11-12/h4,13H,2-3H2,1H3,(H2,9,11). The van der Waals surface area contributed by atoms with E-state index >= 15 is 0 Å². The Morgan fingerprint density at radius 1 is 1.80 bits per heavy atom. The van der Waals surface area contributed by atoms with E-state index in [-0.39, 0.29) is 19.1 Å². The van der Waals surface area contributed by atoms with E-state index in [1.54, 1.807) is 6.92 Å². The van der Waals surface area contributed by atoms with Crippen LogP contribution in [0.2, 0.25) is 0 Å². The van der Waals surface area contributed by atoms with E-state index in [1.165, 1.54) is 4.68 Å². The molecule has 0 aliphatic heterocycles. The highest BCUT2D eigenvalue weighted by atomic mass is 79.9. The highest BCUT2D eigenvalue weighted by molar-refractivity contribution is 9.10. The summed E-state index contributed by atoms with van der Waals surface area (Å²) >= 11 is 3.08. The van der Waals surface area contributed by atoms with E-state index in [0.29, 0.717) is 4.73 Å². The second-order valence-electron chi connectivity index (χ2n) is 2.69. The summed E-state index contributed by atoms with van der Waals surface area (Å²) in [6.45, 7) is 1.83. The summed E-state index contributed by atoms with van der Waals surface area (Å²) in [5.74, 6) is -0.628. The number of anilines is 1. The molecule has 0 aliphatic carbocycles. The lowest BCUT2D eigenvalue weighted by molar-refractivity contribution is -0.153. The van der Waals surface area contributed by atoms with Gasteiger partial charge in [-0.1, -0.05) is 0 Å². The van der Waals surface area contributed by atoms with Crippen LogP contribution in [0, 0.1) is 0 Å². The Bertz CT molecular complexity index is 354. The highest BCUT2D eigenvalue weighted by Gasteiger charge is 2.19. The largest absolute Gasteiger partial charge is 0.464 e. The third kappa shape index (κ3) is 3.17. The fourth-order valence-electron chi connectivity index (χ4n) is 0.932. The number of hydrogen-bond acceptors (Lipinski definition) is 6. The van der Waals surface area contributed by atoms with Crippen LogP contribution in [0.15, 0.2) is 4.73 Å². The summed E-state index contributed by atoms with van der Waals surface area (Å²) in [5, 5.41) is 13.2. The topological polar surface area (TPSA) is 103 Å². The number of carbonyl (C=O) groups excluding carboxylic acids is 1. The van der Waals surface area contributed by atoms with Crippen LogP contribution in [-0.4, -0.2) is 38.6 Å². The molecule has 1 atom stereocenters. The summed E-state index contributed by atoms with van der Waals surface area (Å²) in [7, 11) is 0. The van der Waals surface area contributed by atoms with E-state index in [4.69, 9.17) is 5.73 Å². The average Bonchev–Trinajstić information content (AvgIpc) is 2.45. The highest BCUT2D eigenvalue weighted by Crippen LogP contribution is 2.08. The van der Waals surface area contributed by atoms with Gasteiger partial charge in [-0.25, -0.2) is 9.48 Å². The number of aliphatic hydroxyl groups excluding tert-OH is 1. The fraction of sp³-hybridized carbons (Fsp3) is 0.571. The summed E-state index contributed by atoms with van der Waals surface area (Å²) in [4.78, 5) is 14.8. The van der Waals surface area contributed by atoms with Gasteiger partial charge in [-0.05, 0) is 22.9 Å². The number of nitrogens with zero attached hydrogens (tertiary/aromatic N) is 3. The SMILES string of the molecule is CCOC(=O)C(O)Cn1nc(N)nc1Br. The quantitative estimate of drug-likeness (QED) is 0.723. The molecular formula is C7H11BrN4O3. The van der Waals surface area contributed by atoms with Crippen molar-refractivity contribution in [2.24, 2.45) is 0 Å². The summed E-state index contributed by atoms with van der Waals surface area (Å²) in [6.07, 6.45) is -1.28. The van der Waals surface area contributed by atoms with Crippen LogP contribution >= 0.6 is 15.9 Å². The number of halogens is 1. The molecule has 0 saturated heterocycles.